The molecule has 1 heterocycles. The maximum atomic E-state index is 12.3. The SMILES string of the molecule is Cc1cccc(CN(C)C(=O)[C@H](N)c2ccccc2)n1. The molecule has 0 radical (unpaired) electrons. The number of nitrogens with zero attached hydrogens (tertiary/aromatic N) is 2. The number of aromatic nitrogens is 1. The molecule has 4 heteroatoms. The molecule has 0 saturated carbocycles. The lowest BCUT2D eigenvalue weighted by Gasteiger charge is -2.21. The zero-order valence-electron chi connectivity index (χ0n) is 11.8. The third-order valence-corrected chi connectivity index (χ3v) is 3.15. The number of aryl methyl sites for hydroxylation is 1. The van der Waals surface area contributed by atoms with Crippen molar-refractivity contribution in [1.82, 2.24) is 9.88 Å². The van der Waals surface area contributed by atoms with Crippen molar-refractivity contribution in [3.63, 3.8) is 0 Å². The number of likely N-dealkylation sites (N-methyl/N-ethyl adjacent to an activating group) is 1. The third-order valence-electron chi connectivity index (χ3n) is 3.15. The van der Waals surface area contributed by atoms with E-state index in [2.05, 4.69) is 4.98 Å². The van der Waals surface area contributed by atoms with Gasteiger partial charge in [-0.3, -0.25) is 9.78 Å². The molecule has 0 fully saturated rings. The predicted octanol–water partition coefficient (Wildman–Crippen LogP) is 2.05. The van der Waals surface area contributed by atoms with E-state index in [-0.39, 0.29) is 5.91 Å². The van der Waals surface area contributed by atoms with Gasteiger partial charge in [0.05, 0.1) is 12.2 Å². The number of hydrogen-bond acceptors (Lipinski definition) is 3. The van der Waals surface area contributed by atoms with Crippen LogP contribution in [0.5, 0.6) is 0 Å². The van der Waals surface area contributed by atoms with Crippen LogP contribution in [0.3, 0.4) is 0 Å². The molecule has 1 atom stereocenters. The number of hydrogen-bond donors (Lipinski definition) is 1. The summed E-state index contributed by atoms with van der Waals surface area (Å²) in [6.45, 7) is 2.39. The highest BCUT2D eigenvalue weighted by Gasteiger charge is 2.19. The van der Waals surface area contributed by atoms with Gasteiger partial charge in [-0.1, -0.05) is 36.4 Å². The van der Waals surface area contributed by atoms with Crippen LogP contribution in [-0.4, -0.2) is 22.8 Å². The molecular weight excluding hydrogens is 250 g/mol. The molecule has 4 nitrogen and oxygen atoms in total. The van der Waals surface area contributed by atoms with Crippen LogP contribution < -0.4 is 5.73 Å². The maximum absolute atomic E-state index is 12.3. The van der Waals surface area contributed by atoms with Gasteiger partial charge in [0.2, 0.25) is 5.91 Å². The van der Waals surface area contributed by atoms with Gasteiger partial charge in [-0.15, -0.1) is 0 Å². The summed E-state index contributed by atoms with van der Waals surface area (Å²) in [5, 5.41) is 0. The van der Waals surface area contributed by atoms with Gasteiger partial charge in [0, 0.05) is 12.7 Å². The summed E-state index contributed by atoms with van der Waals surface area (Å²) in [7, 11) is 1.75. The minimum absolute atomic E-state index is 0.112. The number of carbonyl (C=O) groups is 1. The Hall–Kier alpha value is -2.20. The largest absolute Gasteiger partial charge is 0.338 e. The number of benzene rings is 1. The Morgan fingerprint density at radius 2 is 1.90 bits per heavy atom. The van der Waals surface area contributed by atoms with E-state index in [4.69, 9.17) is 5.73 Å². The average molecular weight is 269 g/mol. The van der Waals surface area contributed by atoms with Crippen molar-refractivity contribution in [2.45, 2.75) is 19.5 Å². The quantitative estimate of drug-likeness (QED) is 0.924. The number of amides is 1. The van der Waals surface area contributed by atoms with E-state index in [1.165, 1.54) is 0 Å². The van der Waals surface area contributed by atoms with Crippen LogP contribution >= 0.6 is 0 Å². The second-order valence-electron chi connectivity index (χ2n) is 4.85. The van der Waals surface area contributed by atoms with Crippen LogP contribution in [0.25, 0.3) is 0 Å². The summed E-state index contributed by atoms with van der Waals surface area (Å²) in [6.07, 6.45) is 0. The van der Waals surface area contributed by atoms with Crippen LogP contribution in [-0.2, 0) is 11.3 Å². The number of rotatable bonds is 4. The molecule has 0 spiro atoms. The second kappa shape index (κ2) is 6.30. The first-order chi connectivity index (χ1) is 9.58. The smallest absolute Gasteiger partial charge is 0.244 e. The van der Waals surface area contributed by atoms with E-state index in [0.717, 1.165) is 17.0 Å². The molecule has 0 aliphatic heterocycles. The molecular formula is C16H19N3O. The van der Waals surface area contributed by atoms with Crippen LogP contribution in [0.2, 0.25) is 0 Å². The molecule has 0 aliphatic carbocycles. The first kappa shape index (κ1) is 14.2. The Morgan fingerprint density at radius 3 is 2.55 bits per heavy atom. The van der Waals surface area contributed by atoms with Crippen LogP contribution in [0.4, 0.5) is 0 Å². The molecule has 1 aromatic carbocycles. The van der Waals surface area contributed by atoms with Gasteiger partial charge in [-0.2, -0.15) is 0 Å². The topological polar surface area (TPSA) is 59.2 Å². The van der Waals surface area contributed by atoms with Gasteiger partial charge in [-0.25, -0.2) is 0 Å². The molecule has 2 N–H and O–H groups in total. The third kappa shape index (κ3) is 3.42. The predicted molar refractivity (Wildman–Crippen MR) is 78.8 cm³/mol. The zero-order valence-corrected chi connectivity index (χ0v) is 11.8. The Morgan fingerprint density at radius 1 is 1.20 bits per heavy atom. The molecule has 1 amide bonds. The molecule has 0 aliphatic rings. The van der Waals surface area contributed by atoms with Gasteiger partial charge < -0.3 is 10.6 Å². The molecule has 2 rings (SSSR count). The first-order valence-electron chi connectivity index (χ1n) is 6.56. The Kier molecular flexibility index (Phi) is 4.48. The summed E-state index contributed by atoms with van der Waals surface area (Å²) in [5.74, 6) is -0.112. The summed E-state index contributed by atoms with van der Waals surface area (Å²) in [6, 6.07) is 14.5. The fraction of sp³-hybridized carbons (Fsp3) is 0.250. The average Bonchev–Trinajstić information content (AvgIpc) is 2.46. The van der Waals surface area contributed by atoms with Crippen LogP contribution in [0, 0.1) is 6.92 Å². The Bertz CT molecular complexity index is 583. The van der Waals surface area contributed by atoms with Crippen molar-refractivity contribution in [2.24, 2.45) is 5.73 Å². The van der Waals surface area contributed by atoms with Crippen molar-refractivity contribution < 1.29 is 4.79 Å². The summed E-state index contributed by atoms with van der Waals surface area (Å²) in [4.78, 5) is 18.3. The molecule has 1 aromatic heterocycles. The van der Waals surface area contributed by atoms with Crippen molar-refractivity contribution in [3.05, 3.63) is 65.5 Å². The molecule has 0 unspecified atom stereocenters. The van der Waals surface area contributed by atoms with Crippen LogP contribution in [0.15, 0.2) is 48.5 Å². The van der Waals surface area contributed by atoms with Crippen molar-refractivity contribution in [3.8, 4) is 0 Å². The molecule has 0 bridgehead atoms. The van der Waals surface area contributed by atoms with Crippen LogP contribution in [0.1, 0.15) is 23.0 Å². The summed E-state index contributed by atoms with van der Waals surface area (Å²) in [5.41, 5.74) is 8.63. The summed E-state index contributed by atoms with van der Waals surface area (Å²) >= 11 is 0. The van der Waals surface area contributed by atoms with E-state index in [0.29, 0.717) is 6.54 Å². The highest BCUT2D eigenvalue weighted by molar-refractivity contribution is 5.82. The maximum Gasteiger partial charge on any atom is 0.244 e. The Labute approximate surface area is 119 Å². The molecule has 0 saturated heterocycles. The standard InChI is InChI=1S/C16H19N3O/c1-12-7-6-10-14(18-12)11-19(2)16(20)15(17)13-8-4-3-5-9-13/h3-10,15H,11,17H2,1-2H3/t15-/m1/s1. The minimum Gasteiger partial charge on any atom is -0.338 e. The van der Waals surface area contributed by atoms with Crippen molar-refractivity contribution >= 4 is 5.91 Å². The number of carbonyl (C=O) groups excluding carboxylic acids is 1. The van der Waals surface area contributed by atoms with E-state index in [9.17, 15) is 4.79 Å². The van der Waals surface area contributed by atoms with Gasteiger partial charge in [-0.05, 0) is 24.6 Å². The lowest BCUT2D eigenvalue weighted by Crippen LogP contribution is -2.35. The van der Waals surface area contributed by atoms with E-state index in [1.54, 1.807) is 11.9 Å². The van der Waals surface area contributed by atoms with E-state index >= 15 is 0 Å². The Balaban J connectivity index is 2.05. The molecule has 20 heavy (non-hydrogen) atoms. The zero-order chi connectivity index (χ0) is 14.5. The fourth-order valence-corrected chi connectivity index (χ4v) is 2.05. The molecule has 2 aromatic rings. The van der Waals surface area contributed by atoms with Crippen molar-refractivity contribution in [1.29, 1.82) is 0 Å². The van der Waals surface area contributed by atoms with Gasteiger partial charge in [0.15, 0.2) is 0 Å². The second-order valence-corrected chi connectivity index (χ2v) is 4.85. The lowest BCUT2D eigenvalue weighted by atomic mass is 10.1. The van der Waals surface area contributed by atoms with E-state index < -0.39 is 6.04 Å². The monoisotopic (exact) mass is 269 g/mol. The summed E-state index contributed by atoms with van der Waals surface area (Å²) < 4.78 is 0. The van der Waals surface area contributed by atoms with E-state index in [1.807, 2.05) is 55.5 Å². The van der Waals surface area contributed by atoms with Crippen molar-refractivity contribution in [2.75, 3.05) is 7.05 Å². The minimum atomic E-state index is -0.633. The fourth-order valence-electron chi connectivity index (χ4n) is 2.05. The lowest BCUT2D eigenvalue weighted by molar-refractivity contribution is -0.132. The number of pyridine rings is 1. The van der Waals surface area contributed by atoms with Gasteiger partial charge >= 0.3 is 0 Å². The highest BCUT2D eigenvalue weighted by atomic mass is 16.2. The van der Waals surface area contributed by atoms with Gasteiger partial charge in [0.1, 0.15) is 6.04 Å². The normalized spacial score (nSPS) is 11.9. The first-order valence-corrected chi connectivity index (χ1v) is 6.56. The highest BCUT2D eigenvalue weighted by Crippen LogP contribution is 2.13. The molecule has 104 valence electrons. The number of nitrogens with two attached hydrogens (primary N) is 1. The van der Waals surface area contributed by atoms with Gasteiger partial charge in [0.25, 0.3) is 0 Å².